The van der Waals surface area contributed by atoms with E-state index in [0.717, 1.165) is 44.2 Å². The minimum Gasteiger partial charge on any atom is -0.341 e. The van der Waals surface area contributed by atoms with Crippen LogP contribution < -0.4 is 4.90 Å². The number of anilines is 1. The van der Waals surface area contributed by atoms with E-state index in [-0.39, 0.29) is 5.91 Å². The number of rotatable bonds is 3. The molecular weight excluding hydrogens is 312 g/mol. The van der Waals surface area contributed by atoms with E-state index in [9.17, 15) is 4.79 Å². The Bertz CT molecular complexity index is 593. The second kappa shape index (κ2) is 8.15. The van der Waals surface area contributed by atoms with E-state index in [4.69, 9.17) is 9.97 Å². The van der Waals surface area contributed by atoms with Gasteiger partial charge in [-0.1, -0.05) is 33.6 Å². The third-order valence-corrected chi connectivity index (χ3v) is 5.38. The molecule has 0 aliphatic carbocycles. The summed E-state index contributed by atoms with van der Waals surface area (Å²) >= 11 is 0. The van der Waals surface area contributed by atoms with Crippen LogP contribution in [-0.2, 0) is 0 Å². The zero-order valence-corrected chi connectivity index (χ0v) is 16.0. The van der Waals surface area contributed by atoms with Crippen LogP contribution in [0.5, 0.6) is 0 Å². The molecule has 5 heteroatoms. The fraction of sp³-hybridized carbons (Fsp3) is 0.750. The fourth-order valence-corrected chi connectivity index (χ4v) is 3.81. The number of nitrogens with zero attached hydrogens (tertiary/aromatic N) is 4. The zero-order chi connectivity index (χ0) is 17.8. The molecule has 3 heterocycles. The number of carbonyl (C=O) groups is 1. The van der Waals surface area contributed by atoms with Crippen molar-refractivity contribution in [1.29, 1.82) is 0 Å². The summed E-state index contributed by atoms with van der Waals surface area (Å²) in [5, 5.41) is 0. The Hall–Kier alpha value is -1.65. The quantitative estimate of drug-likeness (QED) is 0.835. The standard InChI is InChI=1S/C20H32N4O/c1-15(2)17-13-18(19(25)24-12-8-9-16(3)14-24)22-20(21-17)23-10-6-4-5-7-11-23/h13,15-16H,4-12,14H2,1-3H3/t16-/m0/s1. The second-order valence-corrected chi connectivity index (χ2v) is 8.03. The maximum Gasteiger partial charge on any atom is 0.272 e. The third kappa shape index (κ3) is 4.50. The number of amides is 1. The molecule has 0 spiro atoms. The van der Waals surface area contributed by atoms with Crippen LogP contribution >= 0.6 is 0 Å². The van der Waals surface area contributed by atoms with Gasteiger partial charge in [0.25, 0.3) is 5.91 Å². The highest BCUT2D eigenvalue weighted by molar-refractivity contribution is 5.92. The van der Waals surface area contributed by atoms with Crippen molar-refractivity contribution in [3.05, 3.63) is 17.5 Å². The van der Waals surface area contributed by atoms with Crippen molar-refractivity contribution in [2.75, 3.05) is 31.1 Å². The summed E-state index contributed by atoms with van der Waals surface area (Å²) in [5.41, 5.74) is 1.55. The largest absolute Gasteiger partial charge is 0.341 e. The van der Waals surface area contributed by atoms with Crippen molar-refractivity contribution in [1.82, 2.24) is 14.9 Å². The van der Waals surface area contributed by atoms with Crippen molar-refractivity contribution in [3.8, 4) is 0 Å². The summed E-state index contributed by atoms with van der Waals surface area (Å²) in [6, 6.07) is 1.91. The van der Waals surface area contributed by atoms with E-state index in [2.05, 4.69) is 25.7 Å². The Morgan fingerprint density at radius 3 is 2.44 bits per heavy atom. The van der Waals surface area contributed by atoms with Crippen LogP contribution in [0.25, 0.3) is 0 Å². The average molecular weight is 345 g/mol. The Balaban J connectivity index is 1.88. The van der Waals surface area contributed by atoms with Gasteiger partial charge in [0.15, 0.2) is 0 Å². The predicted molar refractivity (Wildman–Crippen MR) is 101 cm³/mol. The summed E-state index contributed by atoms with van der Waals surface area (Å²) in [6.45, 7) is 10.2. The first-order valence-electron chi connectivity index (χ1n) is 9.98. The lowest BCUT2D eigenvalue weighted by Crippen LogP contribution is -2.39. The van der Waals surface area contributed by atoms with Crippen LogP contribution in [0.1, 0.15) is 81.4 Å². The van der Waals surface area contributed by atoms with Crippen LogP contribution in [-0.4, -0.2) is 47.0 Å². The first-order valence-corrected chi connectivity index (χ1v) is 9.98. The number of hydrogen-bond acceptors (Lipinski definition) is 4. The fourth-order valence-electron chi connectivity index (χ4n) is 3.81. The van der Waals surface area contributed by atoms with Gasteiger partial charge in [0.2, 0.25) is 5.95 Å². The van der Waals surface area contributed by atoms with E-state index in [1.807, 2.05) is 11.0 Å². The van der Waals surface area contributed by atoms with Gasteiger partial charge in [0.1, 0.15) is 5.69 Å². The van der Waals surface area contributed by atoms with Crippen molar-refractivity contribution in [2.45, 2.75) is 65.2 Å². The Kier molecular flexibility index (Phi) is 5.92. The maximum absolute atomic E-state index is 13.0. The molecule has 138 valence electrons. The molecule has 0 N–H and O–H groups in total. The molecule has 2 aliphatic rings. The summed E-state index contributed by atoms with van der Waals surface area (Å²) < 4.78 is 0. The lowest BCUT2D eigenvalue weighted by molar-refractivity contribution is 0.0677. The highest BCUT2D eigenvalue weighted by Gasteiger charge is 2.25. The van der Waals surface area contributed by atoms with Crippen molar-refractivity contribution >= 4 is 11.9 Å². The summed E-state index contributed by atoms with van der Waals surface area (Å²) in [5.74, 6) is 1.70. The highest BCUT2D eigenvalue weighted by Crippen LogP contribution is 2.22. The van der Waals surface area contributed by atoms with Crippen LogP contribution in [0.4, 0.5) is 5.95 Å². The predicted octanol–water partition coefficient (Wildman–Crippen LogP) is 3.85. The van der Waals surface area contributed by atoms with Crippen LogP contribution in [0.2, 0.25) is 0 Å². The molecule has 1 amide bonds. The lowest BCUT2D eigenvalue weighted by atomic mass is 10.00. The third-order valence-electron chi connectivity index (χ3n) is 5.38. The number of hydrogen-bond donors (Lipinski definition) is 0. The van der Waals surface area contributed by atoms with Crippen LogP contribution in [0, 0.1) is 5.92 Å². The number of piperidine rings is 1. The SMILES string of the molecule is CC(C)c1cc(C(=O)N2CCC[C@H](C)C2)nc(N2CCCCCC2)n1. The molecule has 0 radical (unpaired) electrons. The van der Waals surface area contributed by atoms with Gasteiger partial charge in [-0.05, 0) is 43.6 Å². The van der Waals surface area contributed by atoms with Gasteiger partial charge in [-0.2, -0.15) is 0 Å². The van der Waals surface area contributed by atoms with E-state index in [1.54, 1.807) is 0 Å². The Morgan fingerprint density at radius 1 is 1.08 bits per heavy atom. The minimum absolute atomic E-state index is 0.0759. The summed E-state index contributed by atoms with van der Waals surface area (Å²) in [4.78, 5) is 26.8. The summed E-state index contributed by atoms with van der Waals surface area (Å²) in [6.07, 6.45) is 7.22. The molecular formula is C20H32N4O. The molecule has 0 aromatic carbocycles. The van der Waals surface area contributed by atoms with E-state index in [1.165, 1.54) is 32.1 Å². The van der Waals surface area contributed by atoms with Gasteiger partial charge >= 0.3 is 0 Å². The molecule has 25 heavy (non-hydrogen) atoms. The van der Waals surface area contributed by atoms with Gasteiger partial charge in [0.05, 0.1) is 0 Å². The van der Waals surface area contributed by atoms with Crippen LogP contribution in [0.15, 0.2) is 6.07 Å². The Morgan fingerprint density at radius 2 is 1.80 bits per heavy atom. The van der Waals surface area contributed by atoms with Crippen molar-refractivity contribution in [3.63, 3.8) is 0 Å². The molecule has 3 rings (SSSR count). The van der Waals surface area contributed by atoms with Crippen LogP contribution in [0.3, 0.4) is 0 Å². The number of aromatic nitrogens is 2. The monoisotopic (exact) mass is 344 g/mol. The average Bonchev–Trinajstić information content (AvgIpc) is 2.90. The molecule has 0 bridgehead atoms. The van der Waals surface area contributed by atoms with E-state index in [0.29, 0.717) is 17.5 Å². The molecule has 1 atom stereocenters. The Labute approximate surface area is 151 Å². The maximum atomic E-state index is 13.0. The lowest BCUT2D eigenvalue weighted by Gasteiger charge is -2.31. The minimum atomic E-state index is 0.0759. The molecule has 0 unspecified atom stereocenters. The van der Waals surface area contributed by atoms with Gasteiger partial charge < -0.3 is 9.80 Å². The second-order valence-electron chi connectivity index (χ2n) is 8.03. The number of carbonyl (C=O) groups excluding carboxylic acids is 1. The van der Waals surface area contributed by atoms with E-state index >= 15 is 0 Å². The first kappa shape index (κ1) is 18.2. The molecule has 2 aliphatic heterocycles. The van der Waals surface area contributed by atoms with Crippen molar-refractivity contribution in [2.24, 2.45) is 5.92 Å². The molecule has 1 aromatic rings. The van der Waals surface area contributed by atoms with Gasteiger partial charge in [-0.15, -0.1) is 0 Å². The molecule has 2 saturated heterocycles. The van der Waals surface area contributed by atoms with Gasteiger partial charge in [-0.3, -0.25) is 4.79 Å². The zero-order valence-electron chi connectivity index (χ0n) is 16.0. The normalized spacial score (nSPS) is 22.2. The van der Waals surface area contributed by atoms with Gasteiger partial charge in [0, 0.05) is 31.9 Å². The molecule has 1 aromatic heterocycles. The number of likely N-dealkylation sites (tertiary alicyclic amines) is 1. The summed E-state index contributed by atoms with van der Waals surface area (Å²) in [7, 11) is 0. The first-order chi connectivity index (χ1) is 12.0. The van der Waals surface area contributed by atoms with E-state index < -0.39 is 0 Å². The van der Waals surface area contributed by atoms with Crippen molar-refractivity contribution < 1.29 is 4.79 Å². The topological polar surface area (TPSA) is 49.3 Å². The molecule has 0 saturated carbocycles. The highest BCUT2D eigenvalue weighted by atomic mass is 16.2. The smallest absolute Gasteiger partial charge is 0.272 e. The molecule has 2 fully saturated rings. The molecule has 5 nitrogen and oxygen atoms in total. The van der Waals surface area contributed by atoms with Gasteiger partial charge in [-0.25, -0.2) is 9.97 Å².